The summed E-state index contributed by atoms with van der Waals surface area (Å²) in [6.07, 6.45) is 0. The van der Waals surface area contributed by atoms with E-state index in [2.05, 4.69) is 10.1 Å². The van der Waals surface area contributed by atoms with E-state index in [4.69, 9.17) is 23.2 Å². The van der Waals surface area contributed by atoms with E-state index >= 15 is 0 Å². The molecule has 0 bridgehead atoms. The van der Waals surface area contributed by atoms with Crippen LogP contribution in [0.4, 0.5) is 0 Å². The van der Waals surface area contributed by atoms with E-state index in [-0.39, 0.29) is 17.7 Å². The number of aromatic nitrogens is 6. The van der Waals surface area contributed by atoms with Gasteiger partial charge in [-0.2, -0.15) is 10.1 Å². The number of halogens is 2. The lowest BCUT2D eigenvalue weighted by Gasteiger charge is -2.13. The van der Waals surface area contributed by atoms with Crippen molar-refractivity contribution in [1.82, 2.24) is 28.5 Å². The fourth-order valence-corrected chi connectivity index (χ4v) is 3.94. The number of hydrogen-bond donors (Lipinski definition) is 0. The Kier molecular flexibility index (Phi) is 4.63. The fourth-order valence-electron chi connectivity index (χ4n) is 3.42. The van der Waals surface area contributed by atoms with Gasteiger partial charge in [-0.3, -0.25) is 18.5 Å². The molecular formula is C19H18Cl2N6O2. The number of aryl methyl sites for hydroxylation is 3. The van der Waals surface area contributed by atoms with Crippen LogP contribution in [0.25, 0.3) is 17.1 Å². The highest BCUT2D eigenvalue weighted by atomic mass is 35.5. The maximum atomic E-state index is 13.0. The van der Waals surface area contributed by atoms with Crippen molar-refractivity contribution >= 4 is 34.4 Å². The molecule has 0 saturated carbocycles. The topological polar surface area (TPSA) is 79.6 Å². The van der Waals surface area contributed by atoms with E-state index in [0.29, 0.717) is 21.6 Å². The quantitative estimate of drug-likeness (QED) is 0.498. The summed E-state index contributed by atoms with van der Waals surface area (Å²) >= 11 is 12.8. The van der Waals surface area contributed by atoms with Gasteiger partial charge < -0.3 is 0 Å². The minimum atomic E-state index is -0.456. The molecule has 3 heterocycles. The minimum absolute atomic E-state index is 0.191. The molecule has 4 aromatic rings. The van der Waals surface area contributed by atoms with Crippen LogP contribution in [0.15, 0.2) is 33.9 Å². The number of benzene rings is 1. The van der Waals surface area contributed by atoms with Crippen molar-refractivity contribution in [2.75, 3.05) is 0 Å². The molecule has 0 N–H and O–H groups in total. The molecular weight excluding hydrogens is 415 g/mol. The van der Waals surface area contributed by atoms with Crippen LogP contribution in [0.2, 0.25) is 10.0 Å². The third-order valence-corrected chi connectivity index (χ3v) is 5.61. The first kappa shape index (κ1) is 19.5. The molecule has 0 unspecified atom stereocenters. The summed E-state index contributed by atoms with van der Waals surface area (Å²) in [6, 6.07) is 7.13. The van der Waals surface area contributed by atoms with Gasteiger partial charge in [0.15, 0.2) is 11.2 Å². The normalized spacial score (nSPS) is 11.5. The zero-order valence-corrected chi connectivity index (χ0v) is 17.8. The molecule has 29 heavy (non-hydrogen) atoms. The molecule has 8 nitrogen and oxygen atoms in total. The molecule has 0 atom stereocenters. The van der Waals surface area contributed by atoms with Gasteiger partial charge in [0.05, 0.1) is 12.2 Å². The molecule has 0 aliphatic heterocycles. The van der Waals surface area contributed by atoms with Gasteiger partial charge in [0.1, 0.15) is 0 Å². The van der Waals surface area contributed by atoms with Gasteiger partial charge in [-0.05, 0) is 32.0 Å². The number of hydrogen-bond acceptors (Lipinski definition) is 4. The Bertz CT molecular complexity index is 1370. The molecule has 0 spiro atoms. The second-order valence-electron chi connectivity index (χ2n) is 6.92. The molecule has 150 valence electrons. The third-order valence-electron chi connectivity index (χ3n) is 4.90. The Morgan fingerprint density at radius 1 is 1.03 bits per heavy atom. The first-order valence-corrected chi connectivity index (χ1v) is 9.59. The first-order valence-electron chi connectivity index (χ1n) is 8.83. The molecule has 0 saturated heterocycles. The van der Waals surface area contributed by atoms with E-state index in [1.165, 1.54) is 11.6 Å². The third kappa shape index (κ3) is 2.99. The van der Waals surface area contributed by atoms with Crippen LogP contribution >= 0.6 is 23.2 Å². The average molecular weight is 433 g/mol. The molecule has 0 aliphatic rings. The summed E-state index contributed by atoms with van der Waals surface area (Å²) in [5, 5.41) is 5.44. The largest absolute Gasteiger partial charge is 0.332 e. The monoisotopic (exact) mass is 432 g/mol. The van der Waals surface area contributed by atoms with E-state index in [1.807, 2.05) is 19.9 Å². The van der Waals surface area contributed by atoms with Gasteiger partial charge in [0.2, 0.25) is 5.95 Å². The van der Waals surface area contributed by atoms with Crippen molar-refractivity contribution in [3.63, 3.8) is 0 Å². The Hall–Kier alpha value is -2.84. The smallest absolute Gasteiger partial charge is 0.298 e. The fraction of sp³-hybridized carbons (Fsp3) is 0.263. The second-order valence-corrected chi connectivity index (χ2v) is 7.73. The molecule has 0 fully saturated rings. The zero-order valence-electron chi connectivity index (χ0n) is 16.3. The zero-order chi connectivity index (χ0) is 21.0. The predicted octanol–water partition coefficient (Wildman–Crippen LogP) is 2.59. The lowest BCUT2D eigenvalue weighted by atomic mass is 10.2. The summed E-state index contributed by atoms with van der Waals surface area (Å²) in [5.74, 6) is 0.403. The summed E-state index contributed by atoms with van der Waals surface area (Å²) in [6.45, 7) is 3.95. The molecule has 1 aromatic carbocycles. The van der Waals surface area contributed by atoms with Gasteiger partial charge in [0, 0.05) is 35.4 Å². The van der Waals surface area contributed by atoms with Gasteiger partial charge in [-0.1, -0.05) is 29.3 Å². The standard InChI is InChI=1S/C19H18Cl2N6O2/c1-10-8-11(2)27(23-10)18-22-16-15(17(28)25(4)19(29)24(16)3)26(18)9-12-13(20)6-5-7-14(12)21/h5-8H,9H2,1-4H3. The summed E-state index contributed by atoms with van der Waals surface area (Å²) < 4.78 is 5.74. The van der Waals surface area contributed by atoms with Crippen LogP contribution in [0, 0.1) is 13.8 Å². The van der Waals surface area contributed by atoms with Crippen LogP contribution in [-0.4, -0.2) is 28.5 Å². The van der Waals surface area contributed by atoms with Gasteiger partial charge in [-0.25, -0.2) is 9.48 Å². The Balaban J connectivity index is 2.13. The molecule has 0 amide bonds. The highest BCUT2D eigenvalue weighted by molar-refractivity contribution is 6.36. The van der Waals surface area contributed by atoms with Crippen molar-refractivity contribution in [3.05, 3.63) is 72.1 Å². The van der Waals surface area contributed by atoms with Crippen LogP contribution in [-0.2, 0) is 20.6 Å². The number of nitrogens with zero attached hydrogens (tertiary/aromatic N) is 6. The van der Waals surface area contributed by atoms with Crippen molar-refractivity contribution < 1.29 is 0 Å². The summed E-state index contributed by atoms with van der Waals surface area (Å²) in [5.41, 5.74) is 1.92. The lowest BCUT2D eigenvalue weighted by Crippen LogP contribution is -2.37. The van der Waals surface area contributed by atoms with E-state index in [0.717, 1.165) is 16.0 Å². The van der Waals surface area contributed by atoms with Crippen LogP contribution in [0.5, 0.6) is 0 Å². The molecule has 10 heteroatoms. The summed E-state index contributed by atoms with van der Waals surface area (Å²) in [4.78, 5) is 30.0. The Morgan fingerprint density at radius 2 is 1.69 bits per heavy atom. The molecule has 3 aromatic heterocycles. The second kappa shape index (κ2) is 6.89. The van der Waals surface area contributed by atoms with Crippen LogP contribution < -0.4 is 11.2 Å². The van der Waals surface area contributed by atoms with Crippen molar-refractivity contribution in [2.24, 2.45) is 14.1 Å². The maximum Gasteiger partial charge on any atom is 0.332 e. The Labute approximate surface area is 175 Å². The number of fused-ring (bicyclic) bond motifs is 1. The van der Waals surface area contributed by atoms with Crippen molar-refractivity contribution in [3.8, 4) is 5.95 Å². The lowest BCUT2D eigenvalue weighted by molar-refractivity contribution is 0.691. The Morgan fingerprint density at radius 3 is 2.28 bits per heavy atom. The number of imidazole rings is 1. The van der Waals surface area contributed by atoms with Crippen molar-refractivity contribution in [2.45, 2.75) is 20.4 Å². The average Bonchev–Trinajstić information content (AvgIpc) is 3.20. The van der Waals surface area contributed by atoms with E-state index in [1.54, 1.807) is 34.5 Å². The van der Waals surface area contributed by atoms with Crippen molar-refractivity contribution in [1.29, 1.82) is 0 Å². The van der Waals surface area contributed by atoms with Gasteiger partial charge in [-0.15, -0.1) is 0 Å². The molecule has 0 aliphatic carbocycles. The summed E-state index contributed by atoms with van der Waals surface area (Å²) in [7, 11) is 3.02. The molecule has 4 rings (SSSR count). The maximum absolute atomic E-state index is 13.0. The number of rotatable bonds is 3. The molecule has 0 radical (unpaired) electrons. The highest BCUT2D eigenvalue weighted by Gasteiger charge is 2.23. The van der Waals surface area contributed by atoms with Crippen LogP contribution in [0.3, 0.4) is 0 Å². The predicted molar refractivity (Wildman–Crippen MR) is 112 cm³/mol. The van der Waals surface area contributed by atoms with E-state index < -0.39 is 11.2 Å². The minimum Gasteiger partial charge on any atom is -0.298 e. The SMILES string of the molecule is Cc1cc(C)n(-c2nc3c(c(=O)n(C)c(=O)n3C)n2Cc2c(Cl)cccc2Cl)n1. The first-order chi connectivity index (χ1) is 13.7. The highest BCUT2D eigenvalue weighted by Crippen LogP contribution is 2.27. The van der Waals surface area contributed by atoms with Gasteiger partial charge in [0.25, 0.3) is 5.56 Å². The van der Waals surface area contributed by atoms with Crippen LogP contribution in [0.1, 0.15) is 17.0 Å². The van der Waals surface area contributed by atoms with E-state index in [9.17, 15) is 9.59 Å². The van der Waals surface area contributed by atoms with Gasteiger partial charge >= 0.3 is 5.69 Å².